The number of H-pyrrole nitrogens is 1. The van der Waals surface area contributed by atoms with Gasteiger partial charge >= 0.3 is 0 Å². The second-order valence-electron chi connectivity index (χ2n) is 2.96. The first-order valence-electron chi connectivity index (χ1n) is 4.35. The van der Waals surface area contributed by atoms with E-state index in [2.05, 4.69) is 9.97 Å². The van der Waals surface area contributed by atoms with Crippen LogP contribution in [0.4, 0.5) is 0 Å². The maximum atomic E-state index is 5.19. The van der Waals surface area contributed by atoms with Crippen molar-refractivity contribution in [1.82, 2.24) is 9.97 Å². The van der Waals surface area contributed by atoms with Crippen LogP contribution in [0.25, 0.3) is 10.9 Å². The van der Waals surface area contributed by atoms with Crippen molar-refractivity contribution in [1.29, 1.82) is 0 Å². The Kier molecular flexibility index (Phi) is 2.55. The number of hydrogen-bond acceptors (Lipinski definition) is 4. The van der Waals surface area contributed by atoms with E-state index in [-0.39, 0.29) is 0 Å². The molecule has 0 spiro atoms. The van der Waals surface area contributed by atoms with E-state index in [9.17, 15) is 0 Å². The number of hydrogen-bond donors (Lipinski definition) is 1. The number of aromatic amines is 1. The maximum absolute atomic E-state index is 5.19. The summed E-state index contributed by atoms with van der Waals surface area (Å²) < 4.78 is 10.9. The van der Waals surface area contributed by atoms with Crippen LogP contribution in [0.3, 0.4) is 0 Å². The van der Waals surface area contributed by atoms with Crippen LogP contribution in [-0.2, 0) is 0 Å². The fourth-order valence-corrected chi connectivity index (χ4v) is 1.63. The average molecular weight is 222 g/mol. The first-order chi connectivity index (χ1) is 7.26. The zero-order valence-electron chi connectivity index (χ0n) is 8.40. The Bertz CT molecular complexity index is 551. The van der Waals surface area contributed by atoms with E-state index in [1.54, 1.807) is 20.5 Å². The Morgan fingerprint density at radius 3 is 2.53 bits per heavy atom. The minimum Gasteiger partial charge on any atom is -0.493 e. The van der Waals surface area contributed by atoms with Crippen LogP contribution in [-0.4, -0.2) is 24.2 Å². The summed E-state index contributed by atoms with van der Waals surface area (Å²) in [7, 11) is 3.19. The molecule has 1 N–H and O–H groups in total. The molecular weight excluding hydrogens is 212 g/mol. The molecule has 0 aliphatic rings. The maximum Gasteiger partial charge on any atom is 0.162 e. The summed E-state index contributed by atoms with van der Waals surface area (Å²) in [5.41, 5.74) is 0.882. The summed E-state index contributed by atoms with van der Waals surface area (Å²) in [6, 6.07) is 3.66. The fraction of sp³-hybridized carbons (Fsp3) is 0.200. The molecule has 0 saturated heterocycles. The smallest absolute Gasteiger partial charge is 0.162 e. The van der Waals surface area contributed by atoms with Crippen LogP contribution in [0.15, 0.2) is 18.5 Å². The van der Waals surface area contributed by atoms with Gasteiger partial charge in [0, 0.05) is 11.5 Å². The van der Waals surface area contributed by atoms with E-state index in [0.717, 1.165) is 10.9 Å². The molecule has 0 atom stereocenters. The molecule has 0 saturated carbocycles. The number of nitrogens with zero attached hydrogens (tertiary/aromatic N) is 1. The molecule has 0 amide bonds. The predicted molar refractivity (Wildman–Crippen MR) is 60.0 cm³/mol. The van der Waals surface area contributed by atoms with Crippen molar-refractivity contribution in [2.24, 2.45) is 0 Å². The van der Waals surface area contributed by atoms with Gasteiger partial charge in [-0.2, -0.15) is 0 Å². The number of fused-ring (bicyclic) bond motifs is 1. The molecule has 0 fully saturated rings. The molecule has 0 aliphatic carbocycles. The van der Waals surface area contributed by atoms with Crippen molar-refractivity contribution in [2.45, 2.75) is 0 Å². The topological polar surface area (TPSA) is 47.1 Å². The van der Waals surface area contributed by atoms with Crippen LogP contribution in [0.1, 0.15) is 0 Å². The molecule has 2 aromatic rings. The van der Waals surface area contributed by atoms with Gasteiger partial charge in [0.25, 0.3) is 0 Å². The molecule has 78 valence electrons. The number of nitrogens with one attached hydrogen (secondary N) is 1. The van der Waals surface area contributed by atoms with Gasteiger partial charge < -0.3 is 14.5 Å². The molecule has 0 bridgehead atoms. The zero-order chi connectivity index (χ0) is 10.8. The summed E-state index contributed by atoms with van der Waals surface area (Å²) in [5.74, 6) is 1.32. The lowest BCUT2D eigenvalue weighted by Crippen LogP contribution is -1.92. The highest BCUT2D eigenvalue weighted by Crippen LogP contribution is 2.31. The second kappa shape index (κ2) is 3.86. The summed E-state index contributed by atoms with van der Waals surface area (Å²) in [5, 5.41) is 0.852. The zero-order valence-corrected chi connectivity index (χ0v) is 9.22. The van der Waals surface area contributed by atoms with Gasteiger partial charge in [0.1, 0.15) is 4.64 Å². The van der Waals surface area contributed by atoms with Gasteiger partial charge in [-0.05, 0) is 6.07 Å². The van der Waals surface area contributed by atoms with Gasteiger partial charge in [0.2, 0.25) is 0 Å². The predicted octanol–water partition coefficient (Wildman–Crippen LogP) is 2.31. The molecule has 0 aliphatic heterocycles. The molecule has 15 heavy (non-hydrogen) atoms. The Morgan fingerprint density at radius 1 is 1.20 bits per heavy atom. The van der Waals surface area contributed by atoms with Gasteiger partial charge in [-0.3, -0.25) is 0 Å². The Labute approximate surface area is 91.9 Å². The van der Waals surface area contributed by atoms with Crippen LogP contribution in [0.5, 0.6) is 11.5 Å². The van der Waals surface area contributed by atoms with Crippen LogP contribution in [0.2, 0.25) is 0 Å². The molecule has 1 heterocycles. The van der Waals surface area contributed by atoms with E-state index in [0.29, 0.717) is 16.1 Å². The Balaban J connectivity index is 2.81. The van der Waals surface area contributed by atoms with Crippen molar-refractivity contribution in [2.75, 3.05) is 14.2 Å². The summed E-state index contributed by atoms with van der Waals surface area (Å²) in [4.78, 5) is 7.01. The third kappa shape index (κ3) is 1.66. The lowest BCUT2D eigenvalue weighted by molar-refractivity contribution is 0.355. The minimum absolute atomic E-state index is 0.546. The normalized spacial score (nSPS) is 10.3. The van der Waals surface area contributed by atoms with Crippen molar-refractivity contribution in [3.8, 4) is 11.5 Å². The van der Waals surface area contributed by atoms with Gasteiger partial charge in [-0.1, -0.05) is 12.2 Å². The van der Waals surface area contributed by atoms with Crippen LogP contribution in [0, 0.1) is 4.64 Å². The van der Waals surface area contributed by atoms with Crippen LogP contribution < -0.4 is 9.47 Å². The van der Waals surface area contributed by atoms with Gasteiger partial charge in [0.05, 0.1) is 26.1 Å². The lowest BCUT2D eigenvalue weighted by Gasteiger charge is -2.08. The standard InChI is InChI=1S/C10H10N2O2S/c1-13-8-3-6-7(4-9(8)14-2)11-5-12-10(6)15/h3-5H,1-2H3,(H,11,12,15). The number of methoxy groups -OCH3 is 2. The number of rotatable bonds is 2. The van der Waals surface area contributed by atoms with E-state index in [1.165, 1.54) is 0 Å². The number of benzene rings is 1. The molecule has 0 unspecified atom stereocenters. The molecular formula is C10H10N2O2S. The molecule has 2 rings (SSSR count). The third-order valence-corrected chi connectivity index (χ3v) is 2.48. The molecule has 5 heteroatoms. The highest BCUT2D eigenvalue weighted by Gasteiger charge is 2.06. The van der Waals surface area contributed by atoms with E-state index < -0.39 is 0 Å². The quantitative estimate of drug-likeness (QED) is 0.792. The molecule has 4 nitrogen and oxygen atoms in total. The van der Waals surface area contributed by atoms with Gasteiger partial charge in [0.15, 0.2) is 11.5 Å². The Hall–Kier alpha value is -1.62. The summed E-state index contributed by atoms with van der Waals surface area (Å²) >= 11 is 5.11. The van der Waals surface area contributed by atoms with E-state index in [1.807, 2.05) is 12.1 Å². The van der Waals surface area contributed by atoms with Gasteiger partial charge in [-0.25, -0.2) is 4.98 Å². The largest absolute Gasteiger partial charge is 0.493 e. The minimum atomic E-state index is 0.546. The highest BCUT2D eigenvalue weighted by molar-refractivity contribution is 7.71. The fourth-order valence-electron chi connectivity index (χ4n) is 1.41. The van der Waals surface area contributed by atoms with E-state index in [4.69, 9.17) is 21.7 Å². The van der Waals surface area contributed by atoms with Crippen molar-refractivity contribution in [3.63, 3.8) is 0 Å². The Morgan fingerprint density at radius 2 is 1.87 bits per heavy atom. The lowest BCUT2D eigenvalue weighted by atomic mass is 10.2. The highest BCUT2D eigenvalue weighted by atomic mass is 32.1. The van der Waals surface area contributed by atoms with Crippen molar-refractivity contribution < 1.29 is 9.47 Å². The summed E-state index contributed by atoms with van der Waals surface area (Å²) in [6.07, 6.45) is 1.57. The van der Waals surface area contributed by atoms with Crippen molar-refractivity contribution >= 4 is 23.1 Å². The molecule has 1 aromatic carbocycles. The summed E-state index contributed by atoms with van der Waals surface area (Å²) in [6.45, 7) is 0. The SMILES string of the molecule is COc1cc2[nH]cnc(=S)c2cc1OC. The molecule has 0 radical (unpaired) electrons. The van der Waals surface area contributed by atoms with Crippen molar-refractivity contribution in [3.05, 3.63) is 23.1 Å². The van der Waals surface area contributed by atoms with E-state index >= 15 is 0 Å². The first-order valence-corrected chi connectivity index (χ1v) is 4.76. The first kappa shape index (κ1) is 9.92. The molecule has 1 aromatic heterocycles. The third-order valence-electron chi connectivity index (χ3n) is 2.16. The second-order valence-corrected chi connectivity index (χ2v) is 3.35. The number of aromatic nitrogens is 2. The van der Waals surface area contributed by atoms with Crippen LogP contribution >= 0.6 is 12.2 Å². The number of ether oxygens (including phenoxy) is 2. The average Bonchev–Trinajstić information content (AvgIpc) is 2.28. The van der Waals surface area contributed by atoms with Gasteiger partial charge in [-0.15, -0.1) is 0 Å². The monoisotopic (exact) mass is 222 g/mol.